The number of anilines is 1. The van der Waals surface area contributed by atoms with Gasteiger partial charge in [-0.1, -0.05) is 12.1 Å². The zero-order chi connectivity index (χ0) is 17.5. The molecule has 0 radical (unpaired) electrons. The fourth-order valence-electron chi connectivity index (χ4n) is 4.67. The molecule has 3 saturated heterocycles. The quantitative estimate of drug-likeness (QED) is 0.888. The van der Waals surface area contributed by atoms with Gasteiger partial charge in [-0.2, -0.15) is 0 Å². The number of hydrogen-bond donors (Lipinski definition) is 2. The Kier molecular flexibility index (Phi) is 3.97. The summed E-state index contributed by atoms with van der Waals surface area (Å²) in [6, 6.07) is 13.3. The van der Waals surface area contributed by atoms with Gasteiger partial charge in [0.1, 0.15) is 5.76 Å². The van der Waals surface area contributed by atoms with Gasteiger partial charge in [-0.3, -0.25) is 4.79 Å². The highest BCUT2D eigenvalue weighted by Crippen LogP contribution is 2.30. The molecule has 4 heterocycles. The van der Waals surface area contributed by atoms with Crippen LogP contribution >= 0.6 is 0 Å². The molecule has 26 heavy (non-hydrogen) atoms. The van der Waals surface area contributed by atoms with Crippen LogP contribution in [0.25, 0.3) is 11.3 Å². The number of benzene rings is 1. The summed E-state index contributed by atoms with van der Waals surface area (Å²) < 4.78 is 5.89. The molecule has 5 heteroatoms. The first-order chi connectivity index (χ1) is 12.8. The Morgan fingerprint density at radius 2 is 2.04 bits per heavy atom. The molecule has 3 atom stereocenters. The van der Waals surface area contributed by atoms with E-state index < -0.39 is 0 Å². The SMILES string of the molecule is O=C(NC1CC2CCC1N2)c1ccc(-c2cccc(N3CCCC3)c2)o1. The lowest BCUT2D eigenvalue weighted by atomic mass is 9.95. The van der Waals surface area contributed by atoms with E-state index in [2.05, 4.69) is 33.7 Å². The zero-order valence-corrected chi connectivity index (χ0v) is 14.9. The van der Waals surface area contributed by atoms with Crippen molar-refractivity contribution in [2.75, 3.05) is 18.0 Å². The van der Waals surface area contributed by atoms with Gasteiger partial charge in [-0.25, -0.2) is 0 Å². The molecule has 5 nitrogen and oxygen atoms in total. The normalized spacial score (nSPS) is 27.2. The molecule has 1 aromatic heterocycles. The molecule has 0 spiro atoms. The minimum Gasteiger partial charge on any atom is -0.451 e. The summed E-state index contributed by atoms with van der Waals surface area (Å²) in [7, 11) is 0. The van der Waals surface area contributed by atoms with Crippen molar-refractivity contribution in [2.24, 2.45) is 0 Å². The Hall–Kier alpha value is -2.27. The number of amides is 1. The Balaban J connectivity index is 1.30. The fourth-order valence-corrected chi connectivity index (χ4v) is 4.67. The molecule has 1 aromatic carbocycles. The molecule has 2 N–H and O–H groups in total. The summed E-state index contributed by atoms with van der Waals surface area (Å²) in [6.45, 7) is 2.24. The van der Waals surface area contributed by atoms with Crippen LogP contribution in [0.3, 0.4) is 0 Å². The Bertz CT molecular complexity index is 809. The Morgan fingerprint density at radius 1 is 1.15 bits per heavy atom. The van der Waals surface area contributed by atoms with Crippen LogP contribution in [0.1, 0.15) is 42.7 Å². The van der Waals surface area contributed by atoms with Crippen LogP contribution in [-0.2, 0) is 0 Å². The van der Waals surface area contributed by atoms with E-state index >= 15 is 0 Å². The second kappa shape index (κ2) is 6.47. The van der Waals surface area contributed by atoms with Gasteiger partial charge in [0.15, 0.2) is 5.76 Å². The molecular formula is C21H25N3O2. The van der Waals surface area contributed by atoms with Crippen molar-refractivity contribution < 1.29 is 9.21 Å². The largest absolute Gasteiger partial charge is 0.451 e. The topological polar surface area (TPSA) is 57.5 Å². The first-order valence-corrected chi connectivity index (χ1v) is 9.78. The smallest absolute Gasteiger partial charge is 0.287 e. The Morgan fingerprint density at radius 3 is 2.81 bits per heavy atom. The second-order valence-electron chi connectivity index (χ2n) is 7.77. The molecule has 2 bridgehead atoms. The van der Waals surface area contributed by atoms with Crippen molar-refractivity contribution in [3.63, 3.8) is 0 Å². The van der Waals surface area contributed by atoms with Gasteiger partial charge in [0.25, 0.3) is 5.91 Å². The standard InChI is InChI=1S/C21H25N3O2/c25-21(23-18-13-15-6-7-17(18)22-15)20-9-8-19(26-20)14-4-3-5-16(12-14)24-10-1-2-11-24/h3-5,8-9,12,15,17-18,22H,1-2,6-7,10-11,13H2,(H,23,25). The van der Waals surface area contributed by atoms with E-state index in [4.69, 9.17) is 4.42 Å². The molecule has 3 aliphatic heterocycles. The molecule has 1 amide bonds. The van der Waals surface area contributed by atoms with Crippen LogP contribution in [-0.4, -0.2) is 37.1 Å². The van der Waals surface area contributed by atoms with E-state index in [1.807, 2.05) is 12.1 Å². The summed E-state index contributed by atoms with van der Waals surface area (Å²) in [5, 5.41) is 6.69. The number of nitrogens with one attached hydrogen (secondary N) is 2. The van der Waals surface area contributed by atoms with E-state index in [-0.39, 0.29) is 11.9 Å². The first-order valence-electron chi connectivity index (χ1n) is 9.78. The van der Waals surface area contributed by atoms with Gasteiger partial charge in [-0.05, 0) is 56.4 Å². The third-order valence-corrected chi connectivity index (χ3v) is 6.05. The van der Waals surface area contributed by atoms with Crippen LogP contribution in [0.2, 0.25) is 0 Å². The van der Waals surface area contributed by atoms with Gasteiger partial charge in [-0.15, -0.1) is 0 Å². The lowest BCUT2D eigenvalue weighted by molar-refractivity contribution is 0.0903. The average Bonchev–Trinajstić information content (AvgIpc) is 3.46. The van der Waals surface area contributed by atoms with Crippen molar-refractivity contribution in [1.82, 2.24) is 10.6 Å². The minimum absolute atomic E-state index is 0.105. The van der Waals surface area contributed by atoms with Crippen LogP contribution in [0, 0.1) is 0 Å². The number of fused-ring (bicyclic) bond motifs is 2. The summed E-state index contributed by atoms with van der Waals surface area (Å²) in [4.78, 5) is 15.0. The van der Waals surface area contributed by atoms with Crippen molar-refractivity contribution >= 4 is 11.6 Å². The lowest BCUT2D eigenvalue weighted by Crippen LogP contribution is -2.42. The van der Waals surface area contributed by atoms with Gasteiger partial charge in [0.05, 0.1) is 0 Å². The zero-order valence-electron chi connectivity index (χ0n) is 14.9. The first kappa shape index (κ1) is 15.9. The number of hydrogen-bond acceptors (Lipinski definition) is 4. The fraction of sp³-hybridized carbons (Fsp3) is 0.476. The predicted molar refractivity (Wildman–Crippen MR) is 101 cm³/mol. The molecule has 136 valence electrons. The Labute approximate surface area is 153 Å². The number of rotatable bonds is 4. The monoisotopic (exact) mass is 351 g/mol. The number of carbonyl (C=O) groups is 1. The van der Waals surface area contributed by atoms with Gasteiger partial charge >= 0.3 is 0 Å². The van der Waals surface area contributed by atoms with E-state index in [9.17, 15) is 4.79 Å². The van der Waals surface area contributed by atoms with E-state index in [1.54, 1.807) is 6.07 Å². The van der Waals surface area contributed by atoms with E-state index in [1.165, 1.54) is 24.9 Å². The van der Waals surface area contributed by atoms with Crippen molar-refractivity contribution in [3.8, 4) is 11.3 Å². The molecule has 0 aliphatic carbocycles. The average molecular weight is 351 g/mol. The second-order valence-corrected chi connectivity index (χ2v) is 7.77. The van der Waals surface area contributed by atoms with Gasteiger partial charge in [0.2, 0.25) is 0 Å². The summed E-state index contributed by atoms with van der Waals surface area (Å²) >= 11 is 0. The lowest BCUT2D eigenvalue weighted by Gasteiger charge is -2.20. The predicted octanol–water partition coefficient (Wildman–Crippen LogP) is 3.17. The highest BCUT2D eigenvalue weighted by Gasteiger charge is 2.39. The third kappa shape index (κ3) is 2.90. The number of furan rings is 1. The maximum Gasteiger partial charge on any atom is 0.287 e. The molecule has 3 aliphatic rings. The molecule has 0 saturated carbocycles. The summed E-state index contributed by atoms with van der Waals surface area (Å²) in [6.07, 6.45) is 5.93. The molecule has 2 aromatic rings. The van der Waals surface area contributed by atoms with E-state index in [0.29, 0.717) is 17.8 Å². The van der Waals surface area contributed by atoms with Crippen LogP contribution in [0.5, 0.6) is 0 Å². The highest BCUT2D eigenvalue weighted by molar-refractivity contribution is 5.92. The van der Waals surface area contributed by atoms with Crippen LogP contribution < -0.4 is 15.5 Å². The number of carbonyl (C=O) groups excluding carboxylic acids is 1. The van der Waals surface area contributed by atoms with E-state index in [0.717, 1.165) is 37.3 Å². The van der Waals surface area contributed by atoms with Crippen molar-refractivity contribution in [3.05, 3.63) is 42.2 Å². The minimum atomic E-state index is -0.105. The van der Waals surface area contributed by atoms with Gasteiger partial charge < -0.3 is 20.0 Å². The molecule has 5 rings (SSSR count). The third-order valence-electron chi connectivity index (χ3n) is 6.05. The molecule has 3 unspecified atom stereocenters. The van der Waals surface area contributed by atoms with Crippen molar-refractivity contribution in [2.45, 2.75) is 50.2 Å². The van der Waals surface area contributed by atoms with Crippen LogP contribution in [0.4, 0.5) is 5.69 Å². The maximum absolute atomic E-state index is 12.6. The number of nitrogens with zero attached hydrogens (tertiary/aromatic N) is 1. The molecule has 3 fully saturated rings. The van der Waals surface area contributed by atoms with Crippen LogP contribution in [0.15, 0.2) is 40.8 Å². The van der Waals surface area contributed by atoms with Gasteiger partial charge in [0, 0.05) is 42.5 Å². The van der Waals surface area contributed by atoms with Crippen molar-refractivity contribution in [1.29, 1.82) is 0 Å². The molecular weight excluding hydrogens is 326 g/mol. The summed E-state index contributed by atoms with van der Waals surface area (Å²) in [5.74, 6) is 1.04. The maximum atomic E-state index is 12.6. The highest BCUT2D eigenvalue weighted by atomic mass is 16.3. The summed E-state index contributed by atoms with van der Waals surface area (Å²) in [5.41, 5.74) is 2.26.